The molecule has 106 valence electrons. The first-order valence-electron chi connectivity index (χ1n) is 6.56. The van der Waals surface area contributed by atoms with Crippen LogP contribution in [0.15, 0.2) is 18.2 Å². The van der Waals surface area contributed by atoms with Gasteiger partial charge in [0.15, 0.2) is 0 Å². The Morgan fingerprint density at radius 2 is 2.05 bits per heavy atom. The van der Waals surface area contributed by atoms with Gasteiger partial charge in [0.25, 0.3) is 5.91 Å². The van der Waals surface area contributed by atoms with Gasteiger partial charge in [0.2, 0.25) is 0 Å². The summed E-state index contributed by atoms with van der Waals surface area (Å²) in [5.41, 5.74) is 5.65. The van der Waals surface area contributed by atoms with Crippen molar-refractivity contribution in [2.45, 2.75) is 26.8 Å². The molecule has 1 aromatic carbocycles. The Balaban J connectivity index is 2.66. The average Bonchev–Trinajstić information content (AvgIpc) is 2.38. The number of carbonyl (C=O) groups is 1. The summed E-state index contributed by atoms with van der Waals surface area (Å²) in [5.74, 6) is -0.902. The number of anilines is 1. The molecule has 0 aliphatic rings. The number of hydrogen-bond acceptors (Lipinski definition) is 3. The summed E-state index contributed by atoms with van der Waals surface area (Å²) in [7, 11) is 0. The number of hydrogen-bond donors (Lipinski definition) is 2. The minimum Gasteiger partial charge on any atom is -0.396 e. The predicted octanol–water partition coefficient (Wildman–Crippen LogP) is 1.87. The van der Waals surface area contributed by atoms with Crippen LogP contribution in [0.2, 0.25) is 0 Å². The van der Waals surface area contributed by atoms with Crippen molar-refractivity contribution >= 4 is 11.6 Å². The molecule has 0 saturated carbocycles. The van der Waals surface area contributed by atoms with Crippen molar-refractivity contribution in [1.29, 1.82) is 0 Å². The van der Waals surface area contributed by atoms with E-state index < -0.39 is 5.82 Å². The Morgan fingerprint density at radius 1 is 1.42 bits per heavy atom. The quantitative estimate of drug-likeness (QED) is 0.774. The minimum absolute atomic E-state index is 0.0185. The van der Waals surface area contributed by atoms with Gasteiger partial charge in [0.05, 0.1) is 11.3 Å². The normalized spacial score (nSPS) is 12.5. The number of amides is 1. The van der Waals surface area contributed by atoms with Crippen LogP contribution >= 0.6 is 0 Å². The zero-order valence-electron chi connectivity index (χ0n) is 11.7. The van der Waals surface area contributed by atoms with Gasteiger partial charge in [-0.25, -0.2) is 4.39 Å². The molecule has 1 unspecified atom stereocenters. The number of nitrogens with two attached hydrogens (primary N) is 1. The molecular weight excluding hydrogens is 245 g/mol. The highest BCUT2D eigenvalue weighted by atomic mass is 19.1. The Hall–Kier alpha value is -1.62. The molecule has 0 spiro atoms. The summed E-state index contributed by atoms with van der Waals surface area (Å²) < 4.78 is 13.3. The number of nitrogen functional groups attached to an aromatic ring is 1. The number of carbonyl (C=O) groups excluding carboxylic acids is 1. The molecule has 0 bridgehead atoms. The van der Waals surface area contributed by atoms with Crippen LogP contribution in [0.25, 0.3) is 0 Å². The van der Waals surface area contributed by atoms with E-state index in [0.717, 1.165) is 19.6 Å². The third kappa shape index (κ3) is 4.21. The molecule has 5 heteroatoms. The Labute approximate surface area is 113 Å². The summed E-state index contributed by atoms with van der Waals surface area (Å²) in [6.45, 7) is 8.68. The van der Waals surface area contributed by atoms with Crippen molar-refractivity contribution in [3.63, 3.8) is 0 Å². The van der Waals surface area contributed by atoms with Crippen molar-refractivity contribution in [3.8, 4) is 0 Å². The Bertz CT molecular complexity index is 433. The van der Waals surface area contributed by atoms with Crippen LogP contribution in [0.1, 0.15) is 31.1 Å². The number of nitrogens with one attached hydrogen (secondary N) is 1. The maximum Gasteiger partial charge on any atom is 0.253 e. The summed E-state index contributed by atoms with van der Waals surface area (Å²) in [6, 6.07) is 4.23. The van der Waals surface area contributed by atoms with Crippen LogP contribution in [0.3, 0.4) is 0 Å². The molecule has 0 heterocycles. The van der Waals surface area contributed by atoms with Gasteiger partial charge in [-0.3, -0.25) is 4.79 Å². The van der Waals surface area contributed by atoms with Crippen LogP contribution in [0, 0.1) is 5.82 Å². The Kier molecular flexibility index (Phi) is 5.76. The van der Waals surface area contributed by atoms with Crippen molar-refractivity contribution in [1.82, 2.24) is 10.2 Å². The first-order chi connectivity index (χ1) is 8.99. The van der Waals surface area contributed by atoms with Gasteiger partial charge in [-0.2, -0.15) is 0 Å². The Morgan fingerprint density at radius 3 is 2.63 bits per heavy atom. The lowest BCUT2D eigenvalue weighted by molar-refractivity contribution is 0.0931. The lowest BCUT2D eigenvalue weighted by Gasteiger charge is -2.23. The van der Waals surface area contributed by atoms with Crippen molar-refractivity contribution in [3.05, 3.63) is 29.6 Å². The second-order valence-corrected chi connectivity index (χ2v) is 4.56. The number of para-hydroxylation sites is 1. The zero-order chi connectivity index (χ0) is 14.4. The van der Waals surface area contributed by atoms with Crippen LogP contribution in [-0.2, 0) is 0 Å². The molecule has 1 atom stereocenters. The molecule has 0 fully saturated rings. The molecule has 0 aromatic heterocycles. The second-order valence-electron chi connectivity index (χ2n) is 4.56. The zero-order valence-corrected chi connectivity index (χ0v) is 11.7. The van der Waals surface area contributed by atoms with E-state index in [-0.39, 0.29) is 23.2 Å². The third-order valence-electron chi connectivity index (χ3n) is 3.10. The SMILES string of the molecule is CCN(CC)CC(C)NC(=O)c1cccc(F)c1N. The molecule has 3 N–H and O–H groups in total. The molecule has 0 aliphatic carbocycles. The largest absolute Gasteiger partial charge is 0.396 e. The van der Waals surface area contributed by atoms with Gasteiger partial charge in [0.1, 0.15) is 5.82 Å². The third-order valence-corrected chi connectivity index (χ3v) is 3.10. The van der Waals surface area contributed by atoms with Gasteiger partial charge in [-0.1, -0.05) is 19.9 Å². The molecule has 19 heavy (non-hydrogen) atoms. The summed E-state index contributed by atoms with van der Waals surface area (Å²) in [6.07, 6.45) is 0. The van der Waals surface area contributed by atoms with Crippen molar-refractivity contribution in [2.75, 3.05) is 25.4 Å². The minimum atomic E-state index is -0.566. The number of halogens is 1. The van der Waals surface area contributed by atoms with E-state index in [1.54, 1.807) is 0 Å². The predicted molar refractivity (Wildman–Crippen MR) is 75.5 cm³/mol. The fraction of sp³-hybridized carbons (Fsp3) is 0.500. The molecule has 0 saturated heterocycles. The first kappa shape index (κ1) is 15.4. The molecule has 1 aromatic rings. The molecule has 1 amide bonds. The number of nitrogens with zero attached hydrogens (tertiary/aromatic N) is 1. The van der Waals surface area contributed by atoms with E-state index in [1.807, 2.05) is 6.92 Å². The average molecular weight is 267 g/mol. The number of rotatable bonds is 6. The molecular formula is C14H22FN3O. The summed E-state index contributed by atoms with van der Waals surface area (Å²) in [5, 5.41) is 2.84. The fourth-order valence-electron chi connectivity index (χ4n) is 1.95. The van der Waals surface area contributed by atoms with Crippen molar-refractivity contribution in [2.24, 2.45) is 0 Å². The molecule has 0 aliphatic heterocycles. The van der Waals surface area contributed by atoms with E-state index in [1.165, 1.54) is 18.2 Å². The van der Waals surface area contributed by atoms with Gasteiger partial charge < -0.3 is 16.0 Å². The first-order valence-corrected chi connectivity index (χ1v) is 6.56. The van der Waals surface area contributed by atoms with Crippen LogP contribution in [0.5, 0.6) is 0 Å². The number of benzene rings is 1. The van der Waals surface area contributed by atoms with E-state index >= 15 is 0 Å². The van der Waals surface area contributed by atoms with Crippen LogP contribution in [0.4, 0.5) is 10.1 Å². The number of likely N-dealkylation sites (N-methyl/N-ethyl adjacent to an activating group) is 1. The van der Waals surface area contributed by atoms with Crippen LogP contribution < -0.4 is 11.1 Å². The molecule has 1 rings (SSSR count). The van der Waals surface area contributed by atoms with Gasteiger partial charge in [-0.15, -0.1) is 0 Å². The lowest BCUT2D eigenvalue weighted by Crippen LogP contribution is -2.42. The smallest absolute Gasteiger partial charge is 0.253 e. The van der Waals surface area contributed by atoms with E-state index in [4.69, 9.17) is 5.73 Å². The molecule has 0 radical (unpaired) electrons. The standard InChI is InChI=1S/C14H22FN3O/c1-4-18(5-2)9-10(3)17-14(19)11-7-6-8-12(15)13(11)16/h6-8,10H,4-5,9,16H2,1-3H3,(H,17,19). The van der Waals surface area contributed by atoms with E-state index in [2.05, 4.69) is 24.1 Å². The van der Waals surface area contributed by atoms with E-state index in [9.17, 15) is 9.18 Å². The highest BCUT2D eigenvalue weighted by molar-refractivity contribution is 5.99. The second kappa shape index (κ2) is 7.09. The summed E-state index contributed by atoms with van der Waals surface area (Å²) >= 11 is 0. The van der Waals surface area contributed by atoms with Gasteiger partial charge in [-0.05, 0) is 32.1 Å². The topological polar surface area (TPSA) is 58.4 Å². The maximum atomic E-state index is 13.3. The highest BCUT2D eigenvalue weighted by Gasteiger charge is 2.15. The highest BCUT2D eigenvalue weighted by Crippen LogP contribution is 2.15. The summed E-state index contributed by atoms with van der Waals surface area (Å²) in [4.78, 5) is 14.2. The van der Waals surface area contributed by atoms with Crippen molar-refractivity contribution < 1.29 is 9.18 Å². The van der Waals surface area contributed by atoms with Crippen LogP contribution in [-0.4, -0.2) is 36.5 Å². The van der Waals surface area contributed by atoms with Gasteiger partial charge in [0, 0.05) is 12.6 Å². The monoisotopic (exact) mass is 267 g/mol. The fourth-order valence-corrected chi connectivity index (χ4v) is 1.95. The molecule has 4 nitrogen and oxygen atoms in total. The van der Waals surface area contributed by atoms with E-state index in [0.29, 0.717) is 0 Å². The maximum absolute atomic E-state index is 13.3. The lowest BCUT2D eigenvalue weighted by atomic mass is 10.1. The van der Waals surface area contributed by atoms with Gasteiger partial charge >= 0.3 is 0 Å².